The van der Waals surface area contributed by atoms with Crippen LogP contribution in [0.3, 0.4) is 0 Å². The molecule has 0 bridgehead atoms. The second-order valence-electron chi connectivity index (χ2n) is 5.85. The smallest absolute Gasteiger partial charge is 0.255 e. The van der Waals surface area contributed by atoms with Gasteiger partial charge < -0.3 is 5.32 Å². The van der Waals surface area contributed by atoms with E-state index in [4.69, 9.17) is 0 Å². The minimum absolute atomic E-state index is 0.000368. The first-order chi connectivity index (χ1) is 8.96. The summed E-state index contributed by atoms with van der Waals surface area (Å²) in [6, 6.07) is 0. The minimum atomic E-state index is -0.0914. The number of hydrogen-bond acceptors (Lipinski definition) is 2. The Morgan fingerprint density at radius 2 is 2.21 bits per heavy atom. The van der Waals surface area contributed by atoms with Crippen LogP contribution in [0.25, 0.3) is 0 Å². The van der Waals surface area contributed by atoms with Crippen LogP contribution in [0.1, 0.15) is 48.7 Å². The highest BCUT2D eigenvalue weighted by molar-refractivity contribution is 9.09. The third-order valence-corrected chi connectivity index (χ3v) is 5.20. The van der Waals surface area contributed by atoms with Crippen molar-refractivity contribution in [3.05, 3.63) is 17.5 Å². The summed E-state index contributed by atoms with van der Waals surface area (Å²) < 4.78 is 1.69. The Morgan fingerprint density at radius 3 is 2.68 bits per heavy atom. The summed E-state index contributed by atoms with van der Waals surface area (Å²) in [5, 5.41) is 8.28. The third-order valence-electron chi connectivity index (χ3n) is 4.12. The largest absolute Gasteiger partial charge is 0.346 e. The van der Waals surface area contributed by atoms with Gasteiger partial charge in [0.1, 0.15) is 0 Å². The Labute approximate surface area is 123 Å². The van der Waals surface area contributed by atoms with Crippen LogP contribution in [-0.4, -0.2) is 26.6 Å². The van der Waals surface area contributed by atoms with Crippen LogP contribution in [0.4, 0.5) is 0 Å². The van der Waals surface area contributed by atoms with E-state index in [1.54, 1.807) is 10.9 Å². The molecule has 1 amide bonds. The van der Waals surface area contributed by atoms with Crippen molar-refractivity contribution in [2.45, 2.75) is 45.1 Å². The summed E-state index contributed by atoms with van der Waals surface area (Å²) in [5.74, 6) is 0.767. The minimum Gasteiger partial charge on any atom is -0.346 e. The van der Waals surface area contributed by atoms with E-state index in [2.05, 4.69) is 33.3 Å². The molecule has 1 saturated carbocycles. The van der Waals surface area contributed by atoms with Crippen molar-refractivity contribution >= 4 is 21.8 Å². The molecule has 4 nitrogen and oxygen atoms in total. The molecule has 19 heavy (non-hydrogen) atoms. The molecular formula is C14H22BrN3O. The number of halogens is 1. The van der Waals surface area contributed by atoms with Gasteiger partial charge >= 0.3 is 0 Å². The first-order valence-corrected chi connectivity index (χ1v) is 7.97. The lowest BCUT2D eigenvalue weighted by molar-refractivity contribution is 0.0873. The average Bonchev–Trinajstić information content (AvgIpc) is 2.72. The number of aryl methyl sites for hydroxylation is 2. The molecular weight excluding hydrogens is 306 g/mol. The lowest BCUT2D eigenvalue weighted by Gasteiger charge is -2.38. The molecule has 1 N–H and O–H groups in total. The number of hydrogen-bond donors (Lipinski definition) is 1. The maximum Gasteiger partial charge on any atom is 0.255 e. The predicted octanol–water partition coefficient (Wildman–Crippen LogP) is 2.80. The molecule has 1 aromatic heterocycles. The summed E-state index contributed by atoms with van der Waals surface area (Å²) in [7, 11) is 1.84. The average molecular weight is 328 g/mol. The maximum absolute atomic E-state index is 12.4. The monoisotopic (exact) mass is 327 g/mol. The van der Waals surface area contributed by atoms with E-state index in [-0.39, 0.29) is 11.4 Å². The Balaban J connectivity index is 2.10. The van der Waals surface area contributed by atoms with Gasteiger partial charge in [0.2, 0.25) is 0 Å². The van der Waals surface area contributed by atoms with Crippen molar-refractivity contribution in [3.8, 4) is 0 Å². The molecule has 0 unspecified atom stereocenters. The van der Waals surface area contributed by atoms with E-state index in [9.17, 15) is 4.79 Å². The highest BCUT2D eigenvalue weighted by Crippen LogP contribution is 2.33. The van der Waals surface area contributed by atoms with E-state index in [1.807, 2.05) is 14.0 Å². The van der Waals surface area contributed by atoms with Crippen molar-refractivity contribution in [1.29, 1.82) is 0 Å². The van der Waals surface area contributed by atoms with Gasteiger partial charge in [0, 0.05) is 18.6 Å². The van der Waals surface area contributed by atoms with Crippen LogP contribution in [0.2, 0.25) is 0 Å². The molecule has 0 aliphatic heterocycles. The van der Waals surface area contributed by atoms with E-state index < -0.39 is 0 Å². The zero-order valence-corrected chi connectivity index (χ0v) is 13.5. The maximum atomic E-state index is 12.4. The van der Waals surface area contributed by atoms with Crippen LogP contribution in [-0.2, 0) is 7.05 Å². The summed E-state index contributed by atoms with van der Waals surface area (Å²) in [5.41, 5.74) is 1.38. The topological polar surface area (TPSA) is 46.9 Å². The Kier molecular flexibility index (Phi) is 4.33. The standard InChI is InChI=1S/C14H22BrN3O/c1-10-4-6-14(9-15,7-5-10)16-13(19)12-8-18(3)17-11(12)2/h8,10H,4-7,9H2,1-3H3,(H,16,19). The predicted molar refractivity (Wildman–Crippen MR) is 79.6 cm³/mol. The molecule has 1 aromatic rings. The van der Waals surface area contributed by atoms with Gasteiger partial charge in [0.05, 0.1) is 16.8 Å². The van der Waals surface area contributed by atoms with E-state index in [0.717, 1.165) is 29.8 Å². The first-order valence-electron chi connectivity index (χ1n) is 6.84. The van der Waals surface area contributed by atoms with Crippen molar-refractivity contribution < 1.29 is 4.79 Å². The first kappa shape index (κ1) is 14.6. The number of rotatable bonds is 3. The molecule has 1 heterocycles. The molecule has 2 rings (SSSR count). The molecule has 0 atom stereocenters. The fourth-order valence-electron chi connectivity index (χ4n) is 2.74. The van der Waals surface area contributed by atoms with Gasteiger partial charge in [-0.1, -0.05) is 22.9 Å². The van der Waals surface area contributed by atoms with Crippen LogP contribution in [0.5, 0.6) is 0 Å². The second-order valence-corrected chi connectivity index (χ2v) is 6.41. The normalized spacial score (nSPS) is 27.3. The Morgan fingerprint density at radius 1 is 1.58 bits per heavy atom. The molecule has 1 fully saturated rings. The van der Waals surface area contributed by atoms with Gasteiger partial charge in [-0.15, -0.1) is 0 Å². The molecule has 0 aromatic carbocycles. The molecule has 0 radical (unpaired) electrons. The fraction of sp³-hybridized carbons (Fsp3) is 0.714. The number of nitrogens with one attached hydrogen (secondary N) is 1. The van der Waals surface area contributed by atoms with E-state index in [0.29, 0.717) is 5.56 Å². The van der Waals surface area contributed by atoms with Crippen molar-refractivity contribution in [2.75, 3.05) is 5.33 Å². The highest BCUT2D eigenvalue weighted by atomic mass is 79.9. The van der Waals surface area contributed by atoms with Gasteiger partial charge in [-0.25, -0.2) is 0 Å². The number of nitrogens with zero attached hydrogens (tertiary/aromatic N) is 2. The third kappa shape index (κ3) is 3.19. The lowest BCUT2D eigenvalue weighted by atomic mass is 9.78. The van der Waals surface area contributed by atoms with E-state index >= 15 is 0 Å². The summed E-state index contributed by atoms with van der Waals surface area (Å²) in [6.45, 7) is 4.16. The van der Waals surface area contributed by atoms with Gasteiger partial charge in [-0.2, -0.15) is 5.10 Å². The summed E-state index contributed by atoms with van der Waals surface area (Å²) in [4.78, 5) is 12.4. The van der Waals surface area contributed by atoms with Gasteiger partial charge in [-0.05, 0) is 38.5 Å². The van der Waals surface area contributed by atoms with E-state index in [1.165, 1.54) is 12.8 Å². The molecule has 106 valence electrons. The summed E-state index contributed by atoms with van der Waals surface area (Å²) in [6.07, 6.45) is 6.24. The number of carbonyl (C=O) groups is 1. The zero-order chi connectivity index (χ0) is 14.0. The molecule has 1 aliphatic carbocycles. The van der Waals surface area contributed by atoms with Gasteiger partial charge in [0.25, 0.3) is 5.91 Å². The van der Waals surface area contributed by atoms with Crippen LogP contribution < -0.4 is 5.32 Å². The zero-order valence-electron chi connectivity index (χ0n) is 11.9. The second kappa shape index (κ2) is 5.65. The highest BCUT2D eigenvalue weighted by Gasteiger charge is 2.35. The number of amides is 1. The van der Waals surface area contributed by atoms with Crippen molar-refractivity contribution in [1.82, 2.24) is 15.1 Å². The fourth-order valence-corrected chi connectivity index (χ4v) is 3.44. The molecule has 5 heteroatoms. The quantitative estimate of drug-likeness (QED) is 0.868. The summed E-state index contributed by atoms with van der Waals surface area (Å²) >= 11 is 3.58. The molecule has 0 saturated heterocycles. The lowest BCUT2D eigenvalue weighted by Crippen LogP contribution is -2.52. The van der Waals surface area contributed by atoms with Gasteiger partial charge in [0.15, 0.2) is 0 Å². The van der Waals surface area contributed by atoms with Gasteiger partial charge in [-0.3, -0.25) is 9.48 Å². The number of alkyl halides is 1. The molecule has 1 aliphatic rings. The SMILES string of the molecule is Cc1nn(C)cc1C(=O)NC1(CBr)CCC(C)CC1. The van der Waals surface area contributed by atoms with Crippen LogP contribution >= 0.6 is 15.9 Å². The van der Waals surface area contributed by atoms with Crippen LogP contribution in [0.15, 0.2) is 6.20 Å². The van der Waals surface area contributed by atoms with Crippen LogP contribution in [0, 0.1) is 12.8 Å². The Hall–Kier alpha value is -0.840. The molecule has 0 spiro atoms. The Bertz CT molecular complexity index is 461. The van der Waals surface area contributed by atoms with Crippen molar-refractivity contribution in [2.24, 2.45) is 13.0 Å². The number of carbonyl (C=O) groups excluding carboxylic acids is 1. The van der Waals surface area contributed by atoms with Crippen molar-refractivity contribution in [3.63, 3.8) is 0 Å². The number of aromatic nitrogens is 2.